The second-order valence-corrected chi connectivity index (χ2v) is 6.86. The molecular formula is C19H19F2N7. The van der Waals surface area contributed by atoms with Crippen molar-refractivity contribution < 1.29 is 8.78 Å². The summed E-state index contributed by atoms with van der Waals surface area (Å²) >= 11 is 0. The quantitative estimate of drug-likeness (QED) is 0.248. The molecule has 1 fully saturated rings. The first-order valence-electron chi connectivity index (χ1n) is 8.88. The van der Waals surface area contributed by atoms with Crippen LogP contribution in [-0.4, -0.2) is 23.9 Å². The van der Waals surface area contributed by atoms with Crippen LogP contribution in [0.5, 0.6) is 0 Å². The van der Waals surface area contributed by atoms with Crippen molar-refractivity contribution in [3.63, 3.8) is 0 Å². The summed E-state index contributed by atoms with van der Waals surface area (Å²) in [6, 6.07) is 5.47. The number of nitrogens with one attached hydrogen (secondary N) is 1. The molecule has 7 nitrogen and oxygen atoms in total. The highest BCUT2D eigenvalue weighted by molar-refractivity contribution is 6.04. The Balaban J connectivity index is 1.75. The average Bonchev–Trinajstić information content (AvgIpc) is 3.27. The minimum absolute atomic E-state index is 0.0423. The number of rotatable bonds is 3. The molecular weight excluding hydrogens is 364 g/mol. The van der Waals surface area contributed by atoms with Gasteiger partial charge in [-0.1, -0.05) is 17.4 Å². The highest BCUT2D eigenvalue weighted by Gasteiger charge is 2.32. The molecule has 2 aliphatic rings. The van der Waals surface area contributed by atoms with Gasteiger partial charge in [0.25, 0.3) is 0 Å². The van der Waals surface area contributed by atoms with Crippen LogP contribution < -0.4 is 16.9 Å². The number of hydrogen-bond acceptors (Lipinski definition) is 5. The molecule has 0 saturated carbocycles. The Morgan fingerprint density at radius 2 is 2.11 bits per heavy atom. The number of halogens is 2. The first kappa shape index (κ1) is 18.2. The number of allylic oxidation sites excluding steroid dienone is 1. The van der Waals surface area contributed by atoms with Gasteiger partial charge in [0.05, 0.1) is 5.56 Å². The lowest BCUT2D eigenvalue weighted by atomic mass is 9.98. The summed E-state index contributed by atoms with van der Waals surface area (Å²) in [4.78, 5) is 8.31. The van der Waals surface area contributed by atoms with Crippen LogP contribution in [0.4, 0.5) is 20.3 Å². The Bertz CT molecular complexity index is 1000. The van der Waals surface area contributed by atoms with E-state index in [1.165, 1.54) is 17.7 Å². The summed E-state index contributed by atoms with van der Waals surface area (Å²) in [7, 11) is 0. The monoisotopic (exact) mass is 383 g/mol. The molecule has 1 aliphatic heterocycles. The molecule has 28 heavy (non-hydrogen) atoms. The maximum absolute atomic E-state index is 14.0. The summed E-state index contributed by atoms with van der Waals surface area (Å²) in [5, 5.41) is 10.4. The molecule has 0 spiro atoms. The molecule has 2 heterocycles. The lowest BCUT2D eigenvalue weighted by Crippen LogP contribution is -2.09. The van der Waals surface area contributed by atoms with Crippen molar-refractivity contribution in [3.05, 3.63) is 59.3 Å². The van der Waals surface area contributed by atoms with Crippen molar-refractivity contribution in [1.82, 2.24) is 10.3 Å². The third-order valence-electron chi connectivity index (χ3n) is 5.13. The Labute approximate surface area is 160 Å². The standard InChI is InChI=1S/C19H19F2N7/c20-15-2-1-3-16(17(15)21)26-19(27-28-23)14-6-13(9-25-18(14)22)10-4-11-7-24-8-12(11)5-10/h1-4,6,9,11-12,24H,5,7-8H2,(H2,22,25)(H2,23,26,27)/t11-,12+/m1/s1. The zero-order valence-electron chi connectivity index (χ0n) is 14.9. The second-order valence-electron chi connectivity index (χ2n) is 6.86. The maximum atomic E-state index is 14.0. The number of nitrogen functional groups attached to an aromatic ring is 1. The van der Waals surface area contributed by atoms with Gasteiger partial charge in [-0.25, -0.2) is 18.8 Å². The molecule has 0 unspecified atom stereocenters. The van der Waals surface area contributed by atoms with Gasteiger partial charge < -0.3 is 16.9 Å². The predicted molar refractivity (Wildman–Crippen MR) is 103 cm³/mol. The molecule has 4 rings (SSSR count). The minimum atomic E-state index is -1.09. The van der Waals surface area contributed by atoms with E-state index in [1.807, 2.05) is 0 Å². The molecule has 2 aromatic rings. The molecule has 0 bridgehead atoms. The predicted octanol–water partition coefficient (Wildman–Crippen LogP) is 2.97. The van der Waals surface area contributed by atoms with Gasteiger partial charge in [0.2, 0.25) is 0 Å². The number of nitrogens with zero attached hydrogens (tertiary/aromatic N) is 4. The number of amidine groups is 1. The Hall–Kier alpha value is -3.20. The molecule has 144 valence electrons. The van der Waals surface area contributed by atoms with Gasteiger partial charge in [-0.2, -0.15) is 0 Å². The highest BCUT2D eigenvalue weighted by Crippen LogP contribution is 2.38. The lowest BCUT2D eigenvalue weighted by molar-refractivity contribution is 0.510. The van der Waals surface area contributed by atoms with Crippen molar-refractivity contribution in [1.29, 1.82) is 0 Å². The molecule has 1 aromatic carbocycles. The fourth-order valence-corrected chi connectivity index (χ4v) is 3.71. The minimum Gasteiger partial charge on any atom is -0.383 e. The van der Waals surface area contributed by atoms with E-state index in [4.69, 9.17) is 11.6 Å². The number of nitrogens with two attached hydrogens (primary N) is 2. The Kier molecular flexibility index (Phi) is 4.82. The van der Waals surface area contributed by atoms with Crippen molar-refractivity contribution in [3.8, 4) is 0 Å². The maximum Gasteiger partial charge on any atom is 0.187 e. The lowest BCUT2D eigenvalue weighted by Gasteiger charge is -2.10. The van der Waals surface area contributed by atoms with Crippen molar-refractivity contribution in [2.45, 2.75) is 6.42 Å². The molecule has 1 aliphatic carbocycles. The fraction of sp³-hybridized carbons (Fsp3) is 0.263. The number of hydrogen-bond donors (Lipinski definition) is 3. The molecule has 9 heteroatoms. The highest BCUT2D eigenvalue weighted by atomic mass is 19.2. The molecule has 5 N–H and O–H groups in total. The van der Waals surface area contributed by atoms with Gasteiger partial charge in [0.1, 0.15) is 11.5 Å². The van der Waals surface area contributed by atoms with E-state index in [0.29, 0.717) is 17.4 Å². The smallest absolute Gasteiger partial charge is 0.187 e. The molecule has 2 atom stereocenters. The molecule has 0 radical (unpaired) electrons. The number of fused-ring (bicyclic) bond motifs is 1. The van der Waals surface area contributed by atoms with Gasteiger partial charge in [-0.05, 0) is 54.1 Å². The van der Waals surface area contributed by atoms with Crippen LogP contribution in [0.3, 0.4) is 0 Å². The first-order valence-corrected chi connectivity index (χ1v) is 8.88. The normalized spacial score (nSPS) is 21.9. The van der Waals surface area contributed by atoms with E-state index in [0.717, 1.165) is 31.1 Å². The van der Waals surface area contributed by atoms with Crippen LogP contribution in [-0.2, 0) is 0 Å². The van der Waals surface area contributed by atoms with E-state index in [9.17, 15) is 8.78 Å². The largest absolute Gasteiger partial charge is 0.383 e. The van der Waals surface area contributed by atoms with Crippen molar-refractivity contribution in [2.75, 3.05) is 18.8 Å². The third kappa shape index (κ3) is 3.36. The van der Waals surface area contributed by atoms with Crippen molar-refractivity contribution >= 4 is 22.9 Å². The number of benzene rings is 1. The van der Waals surface area contributed by atoms with Gasteiger partial charge in [0, 0.05) is 12.7 Å². The summed E-state index contributed by atoms with van der Waals surface area (Å²) < 4.78 is 27.5. The Morgan fingerprint density at radius 1 is 1.25 bits per heavy atom. The summed E-state index contributed by atoms with van der Waals surface area (Å²) in [5.41, 5.74) is 8.19. The summed E-state index contributed by atoms with van der Waals surface area (Å²) in [5.74, 6) is 4.28. The second kappa shape index (κ2) is 7.43. The zero-order valence-corrected chi connectivity index (χ0v) is 14.9. The van der Waals surface area contributed by atoms with Gasteiger partial charge in [0.15, 0.2) is 17.5 Å². The van der Waals surface area contributed by atoms with Gasteiger partial charge >= 0.3 is 0 Å². The summed E-state index contributed by atoms with van der Waals surface area (Å²) in [6.07, 6.45) is 4.88. The van der Waals surface area contributed by atoms with E-state index in [-0.39, 0.29) is 17.3 Å². The van der Waals surface area contributed by atoms with Crippen LogP contribution in [0.1, 0.15) is 17.5 Å². The van der Waals surface area contributed by atoms with Crippen LogP contribution in [0, 0.1) is 23.5 Å². The van der Waals surface area contributed by atoms with E-state index in [1.54, 1.807) is 12.3 Å². The van der Waals surface area contributed by atoms with Crippen LogP contribution in [0.15, 0.2) is 51.9 Å². The fourth-order valence-electron chi connectivity index (χ4n) is 3.71. The number of aromatic nitrogens is 1. The zero-order chi connectivity index (χ0) is 19.7. The van der Waals surface area contributed by atoms with Crippen LogP contribution in [0.2, 0.25) is 0 Å². The SMILES string of the molecule is NN=NC(=Nc1cccc(F)c1F)c1cc(C2=C[C@@H]3CNC[C@@H]3C2)cnc1N. The van der Waals surface area contributed by atoms with E-state index >= 15 is 0 Å². The molecule has 1 saturated heterocycles. The third-order valence-corrected chi connectivity index (χ3v) is 5.13. The molecule has 1 aromatic heterocycles. The topological polar surface area (TPSA) is 114 Å². The van der Waals surface area contributed by atoms with Crippen molar-refractivity contribution in [2.24, 2.45) is 33.0 Å². The van der Waals surface area contributed by atoms with E-state index < -0.39 is 11.6 Å². The Morgan fingerprint density at radius 3 is 2.89 bits per heavy atom. The van der Waals surface area contributed by atoms with Crippen LogP contribution in [0.25, 0.3) is 5.57 Å². The summed E-state index contributed by atoms with van der Waals surface area (Å²) in [6.45, 7) is 1.96. The average molecular weight is 383 g/mol. The molecule has 0 amide bonds. The van der Waals surface area contributed by atoms with Crippen LogP contribution >= 0.6 is 0 Å². The number of aliphatic imine (C=N–C) groups is 1. The first-order chi connectivity index (χ1) is 13.6. The van der Waals surface area contributed by atoms with Gasteiger partial charge in [-0.3, -0.25) is 0 Å². The number of anilines is 1. The van der Waals surface area contributed by atoms with Gasteiger partial charge in [-0.15, -0.1) is 5.11 Å². The number of pyridine rings is 1. The van der Waals surface area contributed by atoms with E-state index in [2.05, 4.69) is 31.7 Å².